The lowest BCUT2D eigenvalue weighted by atomic mass is 10.2. The average molecular weight is 275 g/mol. The molecular weight excluding hydrogens is 256 g/mol. The van der Waals surface area contributed by atoms with Gasteiger partial charge in [-0.25, -0.2) is 0 Å². The van der Waals surface area contributed by atoms with Gasteiger partial charge in [-0.2, -0.15) is 0 Å². The molecule has 1 unspecified atom stereocenters. The van der Waals surface area contributed by atoms with Crippen LogP contribution in [0.4, 0.5) is 0 Å². The molecule has 0 aromatic heterocycles. The molecule has 1 atom stereocenters. The quantitative estimate of drug-likeness (QED) is 0.714. The molecule has 96 valence electrons. The molecule has 0 fully saturated rings. The van der Waals surface area contributed by atoms with E-state index >= 15 is 0 Å². The van der Waals surface area contributed by atoms with Crippen LogP contribution in [0, 0.1) is 0 Å². The molecule has 0 spiro atoms. The van der Waals surface area contributed by atoms with E-state index in [0.717, 1.165) is 22.2 Å². The van der Waals surface area contributed by atoms with E-state index in [1.54, 1.807) is 6.26 Å². The number of benzene rings is 1. The first-order valence-corrected chi connectivity index (χ1v) is 8.74. The van der Waals surface area contributed by atoms with Crippen molar-refractivity contribution >= 4 is 21.7 Å². The summed E-state index contributed by atoms with van der Waals surface area (Å²) < 4.78 is 11.2. The Kier molecular flexibility index (Phi) is 6.80. The van der Waals surface area contributed by atoms with Gasteiger partial charge in [-0.1, -0.05) is 12.1 Å². The number of hydrogen-bond donors (Lipinski definition) is 2. The van der Waals surface area contributed by atoms with Gasteiger partial charge in [0.05, 0.1) is 13.2 Å². The van der Waals surface area contributed by atoms with Crippen molar-refractivity contribution in [2.75, 3.05) is 31.0 Å². The first-order chi connectivity index (χ1) is 8.17. The van der Waals surface area contributed by atoms with Crippen LogP contribution in [0.15, 0.2) is 29.2 Å². The van der Waals surface area contributed by atoms with Gasteiger partial charge in [0, 0.05) is 27.5 Å². The minimum Gasteiger partial charge on any atom is -0.391 e. The zero-order valence-corrected chi connectivity index (χ0v) is 11.6. The van der Waals surface area contributed by atoms with Gasteiger partial charge in [-0.05, 0) is 23.0 Å². The third-order valence-corrected chi connectivity index (χ3v) is 5.58. The molecule has 0 aliphatic carbocycles. The summed E-state index contributed by atoms with van der Waals surface area (Å²) in [5, 5.41) is 17.9. The molecule has 0 aliphatic rings. The van der Waals surface area contributed by atoms with Crippen molar-refractivity contribution in [2.45, 2.75) is 10.6 Å². The van der Waals surface area contributed by atoms with Gasteiger partial charge in [0.25, 0.3) is 0 Å². The van der Waals surface area contributed by atoms with E-state index in [4.69, 9.17) is 10.2 Å². The second-order valence-electron chi connectivity index (χ2n) is 3.71. The third-order valence-electron chi connectivity index (χ3n) is 2.39. The molecule has 17 heavy (non-hydrogen) atoms. The fourth-order valence-electron chi connectivity index (χ4n) is 1.52. The van der Waals surface area contributed by atoms with E-state index in [2.05, 4.69) is 0 Å². The molecule has 1 rings (SSSR count). The fourth-order valence-corrected chi connectivity index (χ4v) is 3.71. The van der Waals surface area contributed by atoms with Gasteiger partial charge < -0.3 is 10.2 Å². The normalized spacial score (nSPS) is 12.9. The number of aliphatic hydroxyl groups is 2. The highest BCUT2D eigenvalue weighted by molar-refractivity contribution is 7.96. The maximum absolute atomic E-state index is 11.2. The van der Waals surface area contributed by atoms with E-state index in [-0.39, 0.29) is 24.1 Å². The predicted molar refractivity (Wildman–Crippen MR) is 73.7 cm³/mol. The SMILES string of the molecule is CS(=O)c1ccc(C[S+](CCO)CCO)cc1. The van der Waals surface area contributed by atoms with Crippen molar-refractivity contribution in [1.29, 1.82) is 0 Å². The Morgan fingerprint density at radius 3 is 2.06 bits per heavy atom. The van der Waals surface area contributed by atoms with Crippen LogP contribution in [0.25, 0.3) is 0 Å². The molecule has 2 N–H and O–H groups in total. The summed E-state index contributed by atoms with van der Waals surface area (Å²) in [6.45, 7) is 0.334. The van der Waals surface area contributed by atoms with Crippen molar-refractivity contribution < 1.29 is 14.4 Å². The average Bonchev–Trinajstić information content (AvgIpc) is 2.30. The zero-order valence-electron chi connectivity index (χ0n) is 9.96. The molecule has 0 amide bonds. The Balaban J connectivity index is 2.62. The Hall–Kier alpha value is -0.360. The Morgan fingerprint density at radius 2 is 1.65 bits per heavy atom. The highest BCUT2D eigenvalue weighted by Crippen LogP contribution is 2.12. The number of aliphatic hydroxyl groups excluding tert-OH is 2. The first kappa shape index (κ1) is 14.7. The van der Waals surface area contributed by atoms with E-state index in [0.29, 0.717) is 0 Å². The van der Waals surface area contributed by atoms with Gasteiger partial charge in [-0.3, -0.25) is 4.21 Å². The first-order valence-electron chi connectivity index (χ1n) is 5.45. The largest absolute Gasteiger partial charge is 0.391 e. The molecule has 0 saturated carbocycles. The van der Waals surface area contributed by atoms with E-state index < -0.39 is 10.8 Å². The molecule has 1 aromatic rings. The van der Waals surface area contributed by atoms with Gasteiger partial charge >= 0.3 is 0 Å². The van der Waals surface area contributed by atoms with Crippen molar-refractivity contribution in [3.05, 3.63) is 29.8 Å². The summed E-state index contributed by atoms with van der Waals surface area (Å²) in [6.07, 6.45) is 1.66. The fraction of sp³-hybridized carbons (Fsp3) is 0.500. The monoisotopic (exact) mass is 275 g/mol. The zero-order chi connectivity index (χ0) is 12.7. The number of hydrogen-bond acceptors (Lipinski definition) is 3. The molecule has 0 saturated heterocycles. The number of rotatable bonds is 7. The molecule has 3 nitrogen and oxygen atoms in total. The molecule has 0 heterocycles. The summed E-state index contributed by atoms with van der Waals surface area (Å²) in [4.78, 5) is 0.831. The van der Waals surface area contributed by atoms with Crippen LogP contribution < -0.4 is 0 Å². The van der Waals surface area contributed by atoms with Crippen LogP contribution in [0.1, 0.15) is 5.56 Å². The summed E-state index contributed by atoms with van der Waals surface area (Å²) in [6, 6.07) is 7.71. The Bertz CT molecular complexity index is 345. The van der Waals surface area contributed by atoms with Crippen molar-refractivity contribution in [2.24, 2.45) is 0 Å². The van der Waals surface area contributed by atoms with Crippen LogP contribution in [-0.4, -0.2) is 45.4 Å². The van der Waals surface area contributed by atoms with Crippen molar-refractivity contribution in [3.63, 3.8) is 0 Å². The summed E-state index contributed by atoms with van der Waals surface area (Å²) in [5.74, 6) is 2.35. The Morgan fingerprint density at radius 1 is 1.12 bits per heavy atom. The third kappa shape index (κ3) is 5.21. The maximum atomic E-state index is 11.2. The lowest BCUT2D eigenvalue weighted by Gasteiger charge is -2.06. The van der Waals surface area contributed by atoms with Gasteiger partial charge in [-0.15, -0.1) is 0 Å². The maximum Gasteiger partial charge on any atom is 0.133 e. The predicted octanol–water partition coefficient (Wildman–Crippen LogP) is 0.527. The van der Waals surface area contributed by atoms with Gasteiger partial charge in [0.2, 0.25) is 0 Å². The summed E-state index contributed by atoms with van der Waals surface area (Å²) >= 11 is 0. The highest BCUT2D eigenvalue weighted by atomic mass is 32.2. The molecule has 1 aromatic carbocycles. The topological polar surface area (TPSA) is 57.5 Å². The molecule has 0 aliphatic heterocycles. The van der Waals surface area contributed by atoms with E-state index in [1.807, 2.05) is 24.3 Å². The van der Waals surface area contributed by atoms with E-state index in [1.165, 1.54) is 5.56 Å². The standard InChI is InChI=1S/C12H19O3S2/c1-16(15)12-4-2-11(3-5-12)10-17(8-6-13)9-7-14/h2-5,13-14H,6-10H2,1H3/q+1. The van der Waals surface area contributed by atoms with Crippen LogP contribution in [0.2, 0.25) is 0 Å². The minimum absolute atomic E-state index is 0.0313. The highest BCUT2D eigenvalue weighted by Gasteiger charge is 2.17. The van der Waals surface area contributed by atoms with Crippen molar-refractivity contribution in [1.82, 2.24) is 0 Å². The molecule has 5 heteroatoms. The molecule has 0 radical (unpaired) electrons. The van der Waals surface area contributed by atoms with Crippen LogP contribution >= 0.6 is 0 Å². The van der Waals surface area contributed by atoms with E-state index in [9.17, 15) is 4.21 Å². The second kappa shape index (κ2) is 7.87. The summed E-state index contributed by atoms with van der Waals surface area (Å²) in [5.41, 5.74) is 1.17. The van der Waals surface area contributed by atoms with Gasteiger partial charge in [0.1, 0.15) is 17.3 Å². The van der Waals surface area contributed by atoms with Gasteiger partial charge in [0.15, 0.2) is 0 Å². The summed E-state index contributed by atoms with van der Waals surface area (Å²) in [7, 11) is -0.903. The van der Waals surface area contributed by atoms with Crippen LogP contribution in [0.5, 0.6) is 0 Å². The minimum atomic E-state index is -0.934. The smallest absolute Gasteiger partial charge is 0.133 e. The molecular formula is C12H19O3S2+. The Labute approximate surface area is 108 Å². The second-order valence-corrected chi connectivity index (χ2v) is 7.42. The lowest BCUT2D eigenvalue weighted by molar-refractivity contribution is 0.316. The van der Waals surface area contributed by atoms with Crippen LogP contribution in [0.3, 0.4) is 0 Å². The lowest BCUT2D eigenvalue weighted by Crippen LogP contribution is -2.19. The van der Waals surface area contributed by atoms with Crippen molar-refractivity contribution in [3.8, 4) is 0 Å². The molecule has 0 bridgehead atoms. The van der Waals surface area contributed by atoms with Crippen LogP contribution in [-0.2, 0) is 27.4 Å².